The summed E-state index contributed by atoms with van der Waals surface area (Å²) in [5, 5.41) is 0. The van der Waals surface area contributed by atoms with Gasteiger partial charge in [-0.2, -0.15) is 0 Å². The van der Waals surface area contributed by atoms with Gasteiger partial charge in [0.2, 0.25) is 0 Å². The lowest BCUT2D eigenvalue weighted by Crippen LogP contribution is -2.30. The van der Waals surface area contributed by atoms with Crippen LogP contribution >= 0.6 is 0 Å². The second kappa shape index (κ2) is 50.1. The van der Waals surface area contributed by atoms with Gasteiger partial charge in [0.05, 0.1) is 0 Å². The number of esters is 3. The zero-order valence-electron chi connectivity index (χ0n) is 40.8. The number of hydrogen-bond acceptors (Lipinski definition) is 6. The molecule has 60 heavy (non-hydrogen) atoms. The molecule has 356 valence electrons. The summed E-state index contributed by atoms with van der Waals surface area (Å²) >= 11 is 0. The Morgan fingerprint density at radius 3 is 0.667 bits per heavy atom. The van der Waals surface area contributed by atoms with Crippen molar-refractivity contribution in [1.29, 1.82) is 0 Å². The molecule has 0 amide bonds. The molecule has 0 bridgehead atoms. The van der Waals surface area contributed by atoms with Crippen LogP contribution < -0.4 is 0 Å². The number of carbonyl (C=O) groups is 3. The molecule has 1 atom stereocenters. The maximum Gasteiger partial charge on any atom is 0.306 e. The minimum absolute atomic E-state index is 0.0616. The predicted molar refractivity (Wildman–Crippen MR) is 257 cm³/mol. The second-order valence-corrected chi connectivity index (χ2v) is 18.5. The lowest BCUT2D eigenvalue weighted by Gasteiger charge is -2.18. The Kier molecular flexibility index (Phi) is 48.7. The van der Waals surface area contributed by atoms with Gasteiger partial charge in [0, 0.05) is 19.3 Å². The summed E-state index contributed by atoms with van der Waals surface area (Å²) in [6.45, 7) is 6.68. The smallest absolute Gasteiger partial charge is 0.306 e. The van der Waals surface area contributed by atoms with Crippen LogP contribution in [0.15, 0.2) is 0 Å². The average Bonchev–Trinajstić information content (AvgIpc) is 3.24. The number of unbranched alkanes of at least 4 members (excludes halogenated alkanes) is 39. The molecule has 0 aromatic rings. The fourth-order valence-electron chi connectivity index (χ4n) is 8.27. The minimum Gasteiger partial charge on any atom is -0.462 e. The highest BCUT2D eigenvalue weighted by Crippen LogP contribution is 2.17. The van der Waals surface area contributed by atoms with Crippen molar-refractivity contribution >= 4 is 17.9 Å². The third-order valence-electron chi connectivity index (χ3n) is 12.4. The highest BCUT2D eigenvalue weighted by molar-refractivity contribution is 5.71. The summed E-state index contributed by atoms with van der Waals surface area (Å²) in [5.74, 6) is -0.839. The van der Waals surface area contributed by atoms with Crippen LogP contribution in [0.5, 0.6) is 0 Å². The standard InChI is InChI=1S/C54H104O6/c1-4-7-10-13-16-19-22-24-25-26-27-28-30-32-35-38-41-44-47-53(56)59-50-51(49-58-52(55)46-43-40-37-34-31-21-18-15-12-9-6-3)60-54(57)48-45-42-39-36-33-29-23-20-17-14-11-8-5-2/h51H,4-50H2,1-3H3/t51-/m0/s1. The zero-order valence-corrected chi connectivity index (χ0v) is 40.8. The molecule has 0 aliphatic carbocycles. The lowest BCUT2D eigenvalue weighted by molar-refractivity contribution is -0.167. The van der Waals surface area contributed by atoms with Crippen LogP contribution in [0.25, 0.3) is 0 Å². The second-order valence-electron chi connectivity index (χ2n) is 18.5. The van der Waals surface area contributed by atoms with Gasteiger partial charge in [-0.25, -0.2) is 0 Å². The number of hydrogen-bond donors (Lipinski definition) is 0. The van der Waals surface area contributed by atoms with Crippen molar-refractivity contribution in [2.45, 2.75) is 316 Å². The van der Waals surface area contributed by atoms with Gasteiger partial charge in [-0.05, 0) is 19.3 Å². The van der Waals surface area contributed by atoms with Crippen molar-refractivity contribution in [3.05, 3.63) is 0 Å². The van der Waals surface area contributed by atoms with Crippen LogP contribution in [0.4, 0.5) is 0 Å². The van der Waals surface area contributed by atoms with E-state index in [0.29, 0.717) is 19.3 Å². The summed E-state index contributed by atoms with van der Waals surface area (Å²) in [6, 6.07) is 0. The Bertz CT molecular complexity index is 889. The molecule has 0 N–H and O–H groups in total. The Morgan fingerprint density at radius 1 is 0.267 bits per heavy atom. The molecule has 0 aromatic heterocycles. The van der Waals surface area contributed by atoms with Gasteiger partial charge < -0.3 is 14.2 Å². The molecule has 0 aliphatic heterocycles. The molecule has 0 aliphatic rings. The number of rotatable bonds is 50. The monoisotopic (exact) mass is 849 g/mol. The van der Waals surface area contributed by atoms with Crippen molar-refractivity contribution in [1.82, 2.24) is 0 Å². The average molecular weight is 849 g/mol. The summed E-state index contributed by atoms with van der Waals surface area (Å²) < 4.78 is 16.8. The van der Waals surface area contributed by atoms with Crippen LogP contribution in [0.3, 0.4) is 0 Å². The van der Waals surface area contributed by atoms with Gasteiger partial charge in [-0.3, -0.25) is 14.4 Å². The van der Waals surface area contributed by atoms with Gasteiger partial charge in [-0.15, -0.1) is 0 Å². The predicted octanol–water partition coefficient (Wildman–Crippen LogP) is 17.6. The summed E-state index contributed by atoms with van der Waals surface area (Å²) in [7, 11) is 0. The van der Waals surface area contributed by atoms with Crippen molar-refractivity contribution in [2.24, 2.45) is 0 Å². The van der Waals surface area contributed by atoms with E-state index in [1.807, 2.05) is 0 Å². The van der Waals surface area contributed by atoms with E-state index < -0.39 is 6.10 Å². The minimum atomic E-state index is -0.759. The Morgan fingerprint density at radius 2 is 0.450 bits per heavy atom. The molecule has 0 rings (SSSR count). The molecule has 0 aromatic carbocycles. The van der Waals surface area contributed by atoms with Crippen molar-refractivity contribution in [3.63, 3.8) is 0 Å². The first-order valence-electron chi connectivity index (χ1n) is 27.0. The molecule has 0 fully saturated rings. The molecule has 0 heterocycles. The third kappa shape index (κ3) is 47.5. The van der Waals surface area contributed by atoms with E-state index >= 15 is 0 Å². The SMILES string of the molecule is CCCCCCCCCCCCCCCCCCCCC(=O)OC[C@H](COC(=O)CCCCCCCCCCCCC)OC(=O)CCCCCCCCCCCCCCC. The summed E-state index contributed by atoms with van der Waals surface area (Å²) in [4.78, 5) is 37.9. The third-order valence-corrected chi connectivity index (χ3v) is 12.4. The molecular weight excluding hydrogens is 745 g/mol. The van der Waals surface area contributed by atoms with Crippen LogP contribution in [0, 0.1) is 0 Å². The molecular formula is C54H104O6. The first-order chi connectivity index (χ1) is 29.5. The molecule has 0 unspecified atom stereocenters. The topological polar surface area (TPSA) is 78.9 Å². The highest BCUT2D eigenvalue weighted by atomic mass is 16.6. The Balaban J connectivity index is 4.25. The van der Waals surface area contributed by atoms with Crippen molar-refractivity contribution in [3.8, 4) is 0 Å². The molecule has 0 saturated carbocycles. The van der Waals surface area contributed by atoms with Gasteiger partial charge in [0.1, 0.15) is 13.2 Å². The van der Waals surface area contributed by atoms with Gasteiger partial charge >= 0.3 is 17.9 Å². The van der Waals surface area contributed by atoms with Crippen LogP contribution in [-0.4, -0.2) is 37.2 Å². The van der Waals surface area contributed by atoms with Crippen molar-refractivity contribution < 1.29 is 28.6 Å². The normalized spacial score (nSPS) is 11.8. The molecule has 0 radical (unpaired) electrons. The molecule has 0 spiro atoms. The van der Waals surface area contributed by atoms with Gasteiger partial charge in [0.25, 0.3) is 0 Å². The van der Waals surface area contributed by atoms with E-state index in [2.05, 4.69) is 20.8 Å². The summed E-state index contributed by atoms with van der Waals surface area (Å²) in [6.07, 6.45) is 53.7. The molecule has 0 saturated heterocycles. The van der Waals surface area contributed by atoms with Crippen LogP contribution in [-0.2, 0) is 28.6 Å². The largest absolute Gasteiger partial charge is 0.462 e. The van der Waals surface area contributed by atoms with E-state index in [-0.39, 0.29) is 31.1 Å². The lowest BCUT2D eigenvalue weighted by atomic mass is 10.0. The quantitative estimate of drug-likeness (QED) is 0.0345. The van der Waals surface area contributed by atoms with Gasteiger partial charge in [0.15, 0.2) is 6.10 Å². The molecule has 6 heteroatoms. The first-order valence-corrected chi connectivity index (χ1v) is 27.0. The van der Waals surface area contributed by atoms with Crippen LogP contribution in [0.1, 0.15) is 310 Å². The maximum atomic E-state index is 12.8. The molecule has 6 nitrogen and oxygen atoms in total. The fourth-order valence-corrected chi connectivity index (χ4v) is 8.27. The Hall–Kier alpha value is -1.59. The Labute approximate surface area is 374 Å². The van der Waals surface area contributed by atoms with Crippen molar-refractivity contribution in [2.75, 3.05) is 13.2 Å². The van der Waals surface area contributed by atoms with E-state index in [1.165, 1.54) is 212 Å². The first kappa shape index (κ1) is 58.4. The number of ether oxygens (including phenoxy) is 3. The number of carbonyl (C=O) groups excluding carboxylic acids is 3. The van der Waals surface area contributed by atoms with E-state index in [0.717, 1.165) is 57.8 Å². The zero-order chi connectivity index (χ0) is 43.7. The summed E-state index contributed by atoms with van der Waals surface area (Å²) in [5.41, 5.74) is 0. The maximum absolute atomic E-state index is 12.8. The van der Waals surface area contributed by atoms with Crippen LogP contribution in [0.2, 0.25) is 0 Å². The van der Waals surface area contributed by atoms with Gasteiger partial charge in [-0.1, -0.05) is 271 Å². The van der Waals surface area contributed by atoms with E-state index in [1.54, 1.807) is 0 Å². The highest BCUT2D eigenvalue weighted by Gasteiger charge is 2.19. The van der Waals surface area contributed by atoms with E-state index in [9.17, 15) is 14.4 Å². The fraction of sp³-hybridized carbons (Fsp3) is 0.944. The van der Waals surface area contributed by atoms with E-state index in [4.69, 9.17) is 14.2 Å².